The first-order valence-electron chi connectivity index (χ1n) is 5.66. The number of carbonyl (C=O) groups excluding carboxylic acids is 1. The van der Waals surface area contributed by atoms with Crippen molar-refractivity contribution in [2.24, 2.45) is 5.92 Å². The summed E-state index contributed by atoms with van der Waals surface area (Å²) in [7, 11) is 0. The van der Waals surface area contributed by atoms with Gasteiger partial charge in [-0.15, -0.1) is 0 Å². The molecule has 2 atom stereocenters. The van der Waals surface area contributed by atoms with Crippen molar-refractivity contribution >= 4 is 5.91 Å². The normalized spacial score (nSPS) is 20.2. The van der Waals surface area contributed by atoms with E-state index in [1.54, 1.807) is 0 Å². The zero-order valence-corrected chi connectivity index (χ0v) is 9.47. The summed E-state index contributed by atoms with van der Waals surface area (Å²) in [6, 6.07) is 0.790. The van der Waals surface area contributed by atoms with E-state index in [0.717, 1.165) is 12.3 Å². The molecular weight excluding hydrogens is 176 g/mol. The molecule has 2 N–H and O–H groups in total. The van der Waals surface area contributed by atoms with Gasteiger partial charge in [-0.2, -0.15) is 0 Å². The maximum Gasteiger partial charge on any atom is 0.234 e. The standard InChI is InChI=1S/C11H22N2O/c1-4-8(2)12-7-11(14)13-9(3)10-5-6-10/h8-10,12H,4-7H2,1-3H3,(H,13,14). The summed E-state index contributed by atoms with van der Waals surface area (Å²) < 4.78 is 0. The molecule has 3 nitrogen and oxygen atoms in total. The highest BCUT2D eigenvalue weighted by Gasteiger charge is 2.28. The number of carbonyl (C=O) groups is 1. The minimum absolute atomic E-state index is 0.129. The van der Waals surface area contributed by atoms with Crippen LogP contribution in [-0.2, 0) is 4.79 Å². The van der Waals surface area contributed by atoms with Crippen LogP contribution in [0.25, 0.3) is 0 Å². The Morgan fingerprint density at radius 3 is 2.57 bits per heavy atom. The SMILES string of the molecule is CCC(C)NCC(=O)NC(C)C1CC1. The largest absolute Gasteiger partial charge is 0.352 e. The summed E-state index contributed by atoms with van der Waals surface area (Å²) in [5.74, 6) is 0.868. The molecule has 0 aromatic rings. The number of amides is 1. The first kappa shape index (κ1) is 11.5. The number of hydrogen-bond acceptors (Lipinski definition) is 2. The predicted octanol–water partition coefficient (Wildman–Crippen LogP) is 1.29. The molecule has 0 bridgehead atoms. The molecule has 2 unspecified atom stereocenters. The van der Waals surface area contributed by atoms with Gasteiger partial charge >= 0.3 is 0 Å². The van der Waals surface area contributed by atoms with E-state index in [-0.39, 0.29) is 5.91 Å². The summed E-state index contributed by atoms with van der Waals surface area (Å²) in [5, 5.41) is 6.20. The van der Waals surface area contributed by atoms with Crippen LogP contribution in [0.4, 0.5) is 0 Å². The van der Waals surface area contributed by atoms with Gasteiger partial charge in [0.25, 0.3) is 0 Å². The summed E-state index contributed by atoms with van der Waals surface area (Å²) in [6.07, 6.45) is 3.62. The summed E-state index contributed by atoms with van der Waals surface area (Å²) in [6.45, 7) is 6.75. The third-order valence-corrected chi connectivity index (χ3v) is 2.94. The Bertz CT molecular complexity index is 190. The molecule has 0 aromatic carbocycles. The van der Waals surface area contributed by atoms with Crippen LogP contribution in [0.1, 0.15) is 40.0 Å². The quantitative estimate of drug-likeness (QED) is 0.675. The lowest BCUT2D eigenvalue weighted by Crippen LogP contribution is -2.42. The van der Waals surface area contributed by atoms with Gasteiger partial charge in [0.05, 0.1) is 6.54 Å². The highest BCUT2D eigenvalue weighted by atomic mass is 16.1. The minimum atomic E-state index is 0.129. The highest BCUT2D eigenvalue weighted by Crippen LogP contribution is 2.32. The number of rotatable bonds is 6. The van der Waals surface area contributed by atoms with Crippen molar-refractivity contribution in [2.45, 2.75) is 52.1 Å². The van der Waals surface area contributed by atoms with Crippen LogP contribution in [0.2, 0.25) is 0 Å². The Morgan fingerprint density at radius 2 is 2.07 bits per heavy atom. The van der Waals surface area contributed by atoms with Crippen molar-refractivity contribution in [1.29, 1.82) is 0 Å². The molecule has 0 heterocycles. The van der Waals surface area contributed by atoms with Crippen molar-refractivity contribution in [3.8, 4) is 0 Å². The van der Waals surface area contributed by atoms with Gasteiger partial charge in [0.1, 0.15) is 0 Å². The Kier molecular flexibility index (Phi) is 4.39. The van der Waals surface area contributed by atoms with E-state index >= 15 is 0 Å². The van der Waals surface area contributed by atoms with Gasteiger partial charge in [0.2, 0.25) is 5.91 Å². The molecule has 1 aliphatic carbocycles. The van der Waals surface area contributed by atoms with E-state index in [0.29, 0.717) is 18.6 Å². The molecule has 0 spiro atoms. The molecule has 0 saturated heterocycles. The highest BCUT2D eigenvalue weighted by molar-refractivity contribution is 5.78. The first-order chi connectivity index (χ1) is 6.63. The average molecular weight is 198 g/mol. The smallest absolute Gasteiger partial charge is 0.234 e. The third kappa shape index (κ3) is 4.09. The van der Waals surface area contributed by atoms with Gasteiger partial charge in [0, 0.05) is 12.1 Å². The molecule has 0 aliphatic heterocycles. The fraction of sp³-hybridized carbons (Fsp3) is 0.909. The van der Waals surface area contributed by atoms with Gasteiger partial charge < -0.3 is 10.6 Å². The molecule has 14 heavy (non-hydrogen) atoms. The second-order valence-corrected chi connectivity index (χ2v) is 4.38. The fourth-order valence-electron chi connectivity index (χ4n) is 1.43. The molecule has 1 rings (SSSR count). The van der Waals surface area contributed by atoms with Gasteiger partial charge in [-0.3, -0.25) is 4.79 Å². The molecule has 82 valence electrons. The van der Waals surface area contributed by atoms with Gasteiger partial charge in [-0.05, 0) is 39.0 Å². The molecule has 1 amide bonds. The van der Waals surface area contributed by atoms with Gasteiger partial charge in [-0.25, -0.2) is 0 Å². The van der Waals surface area contributed by atoms with Gasteiger partial charge in [-0.1, -0.05) is 6.92 Å². The molecule has 1 saturated carbocycles. The lowest BCUT2D eigenvalue weighted by atomic mass is 10.2. The molecule has 0 aromatic heterocycles. The minimum Gasteiger partial charge on any atom is -0.352 e. The first-order valence-corrected chi connectivity index (χ1v) is 5.66. The molecule has 3 heteroatoms. The average Bonchev–Trinajstić information content (AvgIpc) is 2.97. The van der Waals surface area contributed by atoms with Gasteiger partial charge in [0.15, 0.2) is 0 Å². The predicted molar refractivity (Wildman–Crippen MR) is 58.1 cm³/mol. The zero-order chi connectivity index (χ0) is 10.6. The second-order valence-electron chi connectivity index (χ2n) is 4.38. The van der Waals surface area contributed by atoms with Crippen LogP contribution in [-0.4, -0.2) is 24.5 Å². The van der Waals surface area contributed by atoms with E-state index in [1.807, 2.05) is 0 Å². The molecule has 0 radical (unpaired) electrons. The number of nitrogens with one attached hydrogen (secondary N) is 2. The Morgan fingerprint density at radius 1 is 1.43 bits per heavy atom. The lowest BCUT2D eigenvalue weighted by Gasteiger charge is -2.15. The van der Waals surface area contributed by atoms with E-state index in [2.05, 4.69) is 31.4 Å². The number of hydrogen-bond donors (Lipinski definition) is 2. The van der Waals surface area contributed by atoms with E-state index in [1.165, 1.54) is 12.8 Å². The lowest BCUT2D eigenvalue weighted by molar-refractivity contribution is -0.121. The molecular formula is C11H22N2O. The van der Waals surface area contributed by atoms with Crippen LogP contribution >= 0.6 is 0 Å². The van der Waals surface area contributed by atoms with Crippen LogP contribution in [0.15, 0.2) is 0 Å². The Balaban J connectivity index is 2.08. The fourth-order valence-corrected chi connectivity index (χ4v) is 1.43. The Hall–Kier alpha value is -0.570. The summed E-state index contributed by atoms with van der Waals surface area (Å²) in [4.78, 5) is 11.4. The topological polar surface area (TPSA) is 41.1 Å². The van der Waals surface area contributed by atoms with E-state index in [9.17, 15) is 4.79 Å². The molecule has 1 aliphatic rings. The van der Waals surface area contributed by atoms with E-state index < -0.39 is 0 Å². The van der Waals surface area contributed by atoms with Crippen LogP contribution in [0.5, 0.6) is 0 Å². The molecule has 1 fully saturated rings. The maximum atomic E-state index is 11.4. The maximum absolute atomic E-state index is 11.4. The van der Waals surface area contributed by atoms with Crippen molar-refractivity contribution in [3.05, 3.63) is 0 Å². The third-order valence-electron chi connectivity index (χ3n) is 2.94. The van der Waals surface area contributed by atoms with Crippen LogP contribution in [0, 0.1) is 5.92 Å². The summed E-state index contributed by atoms with van der Waals surface area (Å²) in [5.41, 5.74) is 0. The summed E-state index contributed by atoms with van der Waals surface area (Å²) >= 11 is 0. The zero-order valence-electron chi connectivity index (χ0n) is 9.47. The van der Waals surface area contributed by atoms with Crippen molar-refractivity contribution in [1.82, 2.24) is 10.6 Å². The van der Waals surface area contributed by atoms with Crippen LogP contribution in [0.3, 0.4) is 0 Å². The van der Waals surface area contributed by atoms with Crippen molar-refractivity contribution in [2.75, 3.05) is 6.54 Å². The van der Waals surface area contributed by atoms with Crippen molar-refractivity contribution < 1.29 is 4.79 Å². The van der Waals surface area contributed by atoms with Crippen molar-refractivity contribution in [3.63, 3.8) is 0 Å². The Labute approximate surface area is 86.6 Å². The van der Waals surface area contributed by atoms with Crippen LogP contribution < -0.4 is 10.6 Å². The second kappa shape index (κ2) is 5.35. The van der Waals surface area contributed by atoms with E-state index in [4.69, 9.17) is 0 Å². The monoisotopic (exact) mass is 198 g/mol.